The van der Waals surface area contributed by atoms with Crippen LogP contribution in [-0.2, 0) is 6.42 Å². The highest BCUT2D eigenvalue weighted by Gasteiger charge is 2.28. The third-order valence-corrected chi connectivity index (χ3v) is 1.09. The number of nitrogens with one attached hydrogen (secondary N) is 1. The molecule has 0 saturated heterocycles. The molecule has 0 unspecified atom stereocenters. The minimum Gasteiger partial charge on any atom is -0.310 e. The molecular weight excluding hydrogens is 173 g/mol. The van der Waals surface area contributed by atoms with Gasteiger partial charge in [0.15, 0.2) is 0 Å². The van der Waals surface area contributed by atoms with Gasteiger partial charge in [-0.15, -0.1) is 0 Å². The molecule has 0 saturated carbocycles. The highest BCUT2D eigenvalue weighted by Crippen LogP contribution is 2.18. The summed E-state index contributed by atoms with van der Waals surface area (Å²) < 4.78 is 35.1. The van der Waals surface area contributed by atoms with Gasteiger partial charge in [0.25, 0.3) is 5.56 Å². The van der Waals surface area contributed by atoms with E-state index in [0.717, 1.165) is 12.3 Å². The summed E-state index contributed by atoms with van der Waals surface area (Å²) in [6, 6.07) is 1.06. The van der Waals surface area contributed by atoms with E-state index in [1.54, 1.807) is 0 Å². The molecule has 0 spiro atoms. The normalized spacial score (nSPS) is 11.6. The lowest BCUT2D eigenvalue weighted by Gasteiger charge is -2.03. The van der Waals surface area contributed by atoms with Gasteiger partial charge in [-0.2, -0.15) is 13.2 Å². The molecule has 3 nitrogen and oxygen atoms in total. The van der Waals surface area contributed by atoms with Crippen LogP contribution in [0.15, 0.2) is 17.1 Å². The summed E-state index contributed by atoms with van der Waals surface area (Å²) >= 11 is 0. The molecule has 12 heavy (non-hydrogen) atoms. The summed E-state index contributed by atoms with van der Waals surface area (Å²) in [5, 5.41) is 0. The lowest BCUT2D eigenvalue weighted by molar-refractivity contribution is -0.128. The highest BCUT2D eigenvalue weighted by molar-refractivity contribution is 4.90. The molecule has 1 rings (SSSR count). The van der Waals surface area contributed by atoms with Crippen molar-refractivity contribution in [1.29, 1.82) is 0 Å². The van der Waals surface area contributed by atoms with Crippen LogP contribution in [0.3, 0.4) is 0 Å². The van der Waals surface area contributed by atoms with Crippen molar-refractivity contribution in [2.75, 3.05) is 0 Å². The van der Waals surface area contributed by atoms with E-state index in [4.69, 9.17) is 0 Å². The van der Waals surface area contributed by atoms with Crippen molar-refractivity contribution >= 4 is 0 Å². The van der Waals surface area contributed by atoms with Crippen molar-refractivity contribution < 1.29 is 13.2 Å². The van der Waals surface area contributed by atoms with Crippen molar-refractivity contribution in [2.24, 2.45) is 0 Å². The highest BCUT2D eigenvalue weighted by atomic mass is 19.4. The fourth-order valence-corrected chi connectivity index (χ4v) is 0.691. The number of alkyl halides is 3. The van der Waals surface area contributed by atoms with Gasteiger partial charge in [-0.25, -0.2) is 4.98 Å². The molecule has 1 heterocycles. The molecule has 0 atom stereocenters. The molecular formula is C6H5F3N2O. The first kappa shape index (κ1) is 8.76. The van der Waals surface area contributed by atoms with E-state index in [1.807, 2.05) is 4.98 Å². The number of hydrogen-bond donors (Lipinski definition) is 1. The van der Waals surface area contributed by atoms with Crippen LogP contribution in [0.1, 0.15) is 5.82 Å². The van der Waals surface area contributed by atoms with E-state index < -0.39 is 18.2 Å². The van der Waals surface area contributed by atoms with E-state index in [2.05, 4.69) is 4.98 Å². The van der Waals surface area contributed by atoms with E-state index in [0.29, 0.717) is 0 Å². The number of halogens is 3. The third-order valence-electron chi connectivity index (χ3n) is 1.09. The molecule has 0 fully saturated rings. The van der Waals surface area contributed by atoms with Gasteiger partial charge in [-0.1, -0.05) is 0 Å². The third kappa shape index (κ3) is 2.73. The second-order valence-electron chi connectivity index (χ2n) is 2.17. The summed E-state index contributed by atoms with van der Waals surface area (Å²) in [5.74, 6) is -0.366. The topological polar surface area (TPSA) is 45.8 Å². The zero-order valence-electron chi connectivity index (χ0n) is 5.85. The Bertz CT molecular complexity index is 317. The van der Waals surface area contributed by atoms with Crippen molar-refractivity contribution in [3.8, 4) is 0 Å². The van der Waals surface area contributed by atoms with Gasteiger partial charge in [-0.3, -0.25) is 4.79 Å². The minimum atomic E-state index is -4.34. The SMILES string of the molecule is O=c1ccnc(CC(F)(F)F)[nH]1. The zero-order valence-corrected chi connectivity index (χ0v) is 5.85. The molecule has 0 amide bonds. The number of hydrogen-bond acceptors (Lipinski definition) is 2. The van der Waals surface area contributed by atoms with Crippen LogP contribution in [0.25, 0.3) is 0 Å². The fraction of sp³-hybridized carbons (Fsp3) is 0.333. The molecule has 0 aromatic carbocycles. The first-order chi connectivity index (χ1) is 5.47. The summed E-state index contributed by atoms with van der Waals surface area (Å²) in [6.07, 6.45) is -4.50. The maximum absolute atomic E-state index is 11.7. The Hall–Kier alpha value is -1.33. The first-order valence-corrected chi connectivity index (χ1v) is 3.08. The van der Waals surface area contributed by atoms with Gasteiger partial charge < -0.3 is 4.98 Å². The average molecular weight is 178 g/mol. The molecule has 1 aromatic rings. The Morgan fingerprint density at radius 1 is 1.50 bits per heavy atom. The lowest BCUT2D eigenvalue weighted by atomic mass is 10.4. The van der Waals surface area contributed by atoms with Crippen molar-refractivity contribution in [2.45, 2.75) is 12.6 Å². The molecule has 0 bridgehead atoms. The maximum atomic E-state index is 11.7. The molecule has 0 aliphatic carbocycles. The first-order valence-electron chi connectivity index (χ1n) is 3.08. The van der Waals surface area contributed by atoms with Gasteiger partial charge in [0, 0.05) is 12.3 Å². The van der Waals surface area contributed by atoms with Crippen LogP contribution >= 0.6 is 0 Å². The molecule has 66 valence electrons. The zero-order chi connectivity index (χ0) is 9.19. The summed E-state index contributed by atoms with van der Waals surface area (Å²) in [6.45, 7) is 0. The van der Waals surface area contributed by atoms with Gasteiger partial charge in [0.2, 0.25) is 0 Å². The largest absolute Gasteiger partial charge is 0.396 e. The molecule has 1 N–H and O–H groups in total. The summed E-state index contributed by atoms with van der Waals surface area (Å²) in [4.78, 5) is 15.8. The van der Waals surface area contributed by atoms with Gasteiger partial charge in [-0.05, 0) is 0 Å². The summed E-state index contributed by atoms with van der Waals surface area (Å²) in [5.41, 5.74) is -0.579. The van der Waals surface area contributed by atoms with Gasteiger partial charge >= 0.3 is 6.18 Å². The Balaban J connectivity index is 2.84. The molecule has 0 aliphatic heterocycles. The fourth-order valence-electron chi connectivity index (χ4n) is 0.691. The quantitative estimate of drug-likeness (QED) is 0.693. The molecule has 0 aliphatic rings. The second kappa shape index (κ2) is 2.96. The van der Waals surface area contributed by atoms with E-state index >= 15 is 0 Å². The predicted octanol–water partition coefficient (Wildman–Crippen LogP) is 0.875. The van der Waals surface area contributed by atoms with Gasteiger partial charge in [0.1, 0.15) is 12.2 Å². The lowest BCUT2D eigenvalue weighted by Crippen LogP contribution is -2.17. The minimum absolute atomic E-state index is 0.366. The van der Waals surface area contributed by atoms with E-state index in [1.165, 1.54) is 0 Å². The Morgan fingerprint density at radius 3 is 2.67 bits per heavy atom. The van der Waals surface area contributed by atoms with Crippen LogP contribution in [0.2, 0.25) is 0 Å². The average Bonchev–Trinajstić information content (AvgIpc) is 1.82. The maximum Gasteiger partial charge on any atom is 0.396 e. The standard InChI is InChI=1S/C6H5F3N2O/c7-6(8,9)3-4-10-2-1-5(12)11-4/h1-2H,3H2,(H,10,11,12). The van der Waals surface area contributed by atoms with Crippen molar-refractivity contribution in [1.82, 2.24) is 9.97 Å². The Morgan fingerprint density at radius 2 is 2.17 bits per heavy atom. The number of aromatic amines is 1. The number of rotatable bonds is 1. The smallest absolute Gasteiger partial charge is 0.310 e. The van der Waals surface area contributed by atoms with Crippen LogP contribution in [0.5, 0.6) is 0 Å². The predicted molar refractivity (Wildman–Crippen MR) is 34.6 cm³/mol. The number of aromatic nitrogens is 2. The van der Waals surface area contributed by atoms with Crippen molar-refractivity contribution in [3.05, 3.63) is 28.4 Å². The number of nitrogens with zero attached hydrogens (tertiary/aromatic N) is 1. The molecule has 6 heteroatoms. The van der Waals surface area contributed by atoms with Crippen LogP contribution < -0.4 is 5.56 Å². The molecule has 1 aromatic heterocycles. The number of H-pyrrole nitrogens is 1. The monoisotopic (exact) mass is 178 g/mol. The van der Waals surface area contributed by atoms with Crippen LogP contribution in [-0.4, -0.2) is 16.1 Å². The Labute approximate surface area is 65.3 Å². The van der Waals surface area contributed by atoms with Crippen LogP contribution in [0, 0.1) is 0 Å². The van der Waals surface area contributed by atoms with Crippen molar-refractivity contribution in [3.63, 3.8) is 0 Å². The van der Waals surface area contributed by atoms with E-state index in [9.17, 15) is 18.0 Å². The van der Waals surface area contributed by atoms with Gasteiger partial charge in [0.05, 0.1) is 0 Å². The van der Waals surface area contributed by atoms with E-state index in [-0.39, 0.29) is 5.82 Å². The second-order valence-corrected chi connectivity index (χ2v) is 2.17. The molecule has 0 radical (unpaired) electrons. The van der Waals surface area contributed by atoms with Crippen LogP contribution in [0.4, 0.5) is 13.2 Å². The Kier molecular flexibility index (Phi) is 2.16. The summed E-state index contributed by atoms with van der Waals surface area (Å²) in [7, 11) is 0.